The Labute approximate surface area is 239 Å². The number of benzene rings is 3. The Morgan fingerprint density at radius 3 is 2.21 bits per heavy atom. The van der Waals surface area contributed by atoms with Gasteiger partial charge in [-0.1, -0.05) is 54.4 Å². The van der Waals surface area contributed by atoms with Crippen molar-refractivity contribution in [2.24, 2.45) is 0 Å². The predicted octanol–water partition coefficient (Wildman–Crippen LogP) is 5.14. The van der Waals surface area contributed by atoms with Crippen molar-refractivity contribution in [1.82, 2.24) is 10.2 Å². The molecule has 0 saturated carbocycles. The number of anilines is 1. The lowest BCUT2D eigenvalue weighted by atomic mass is 10.1. The van der Waals surface area contributed by atoms with Crippen LogP contribution < -0.4 is 14.4 Å². The molecule has 0 bridgehead atoms. The number of nitrogens with one attached hydrogen (secondary N) is 1. The summed E-state index contributed by atoms with van der Waals surface area (Å²) in [5.41, 5.74) is 0.836. The van der Waals surface area contributed by atoms with Crippen LogP contribution in [0.3, 0.4) is 0 Å². The van der Waals surface area contributed by atoms with Crippen molar-refractivity contribution in [2.75, 3.05) is 24.5 Å². The normalized spacial score (nSPS) is 11.9. The van der Waals surface area contributed by atoms with Gasteiger partial charge in [-0.3, -0.25) is 13.9 Å². The van der Waals surface area contributed by atoms with Gasteiger partial charge >= 0.3 is 0 Å². The van der Waals surface area contributed by atoms with Gasteiger partial charge in [0.25, 0.3) is 10.0 Å². The van der Waals surface area contributed by atoms with Crippen LogP contribution in [0.25, 0.3) is 0 Å². The van der Waals surface area contributed by atoms with Crippen molar-refractivity contribution in [3.8, 4) is 5.75 Å². The fraction of sp³-hybridized carbons (Fsp3) is 0.286. The third-order valence-electron chi connectivity index (χ3n) is 6.06. The lowest BCUT2D eigenvalue weighted by Gasteiger charge is -2.33. The zero-order chi connectivity index (χ0) is 28.6. The molecule has 0 heterocycles. The van der Waals surface area contributed by atoms with Crippen LogP contribution in [0.4, 0.5) is 5.69 Å². The van der Waals surface area contributed by atoms with Gasteiger partial charge in [0.15, 0.2) is 0 Å². The van der Waals surface area contributed by atoms with Crippen LogP contribution >= 0.6 is 23.2 Å². The van der Waals surface area contributed by atoms with E-state index in [0.29, 0.717) is 34.3 Å². The summed E-state index contributed by atoms with van der Waals surface area (Å²) < 4.78 is 33.8. The molecular formula is C28H31Cl2N3O5S. The van der Waals surface area contributed by atoms with Gasteiger partial charge in [0, 0.05) is 23.1 Å². The van der Waals surface area contributed by atoms with E-state index in [1.807, 2.05) is 0 Å². The average molecular weight is 593 g/mol. The first kappa shape index (κ1) is 30.3. The Bertz CT molecular complexity index is 1390. The van der Waals surface area contributed by atoms with E-state index in [1.165, 1.54) is 24.1 Å². The van der Waals surface area contributed by atoms with Gasteiger partial charge in [0.1, 0.15) is 18.3 Å². The summed E-state index contributed by atoms with van der Waals surface area (Å²) >= 11 is 12.5. The Hall–Kier alpha value is -3.27. The molecular weight excluding hydrogens is 561 g/mol. The number of nitrogens with zero attached hydrogens (tertiary/aromatic N) is 2. The van der Waals surface area contributed by atoms with Gasteiger partial charge < -0.3 is 15.0 Å². The van der Waals surface area contributed by atoms with E-state index < -0.39 is 28.5 Å². The maximum absolute atomic E-state index is 14.0. The minimum Gasteiger partial charge on any atom is -0.497 e. The first-order valence-corrected chi connectivity index (χ1v) is 14.5. The first-order chi connectivity index (χ1) is 18.6. The second-order valence-electron chi connectivity index (χ2n) is 8.60. The van der Waals surface area contributed by atoms with Gasteiger partial charge in [-0.05, 0) is 67.4 Å². The van der Waals surface area contributed by atoms with Crippen LogP contribution in [0.1, 0.15) is 25.8 Å². The lowest BCUT2D eigenvalue weighted by Crippen LogP contribution is -2.52. The SMILES string of the molecule is CCNC(=O)[C@@H](CC)N(Cc1ccc(Cl)cc1Cl)C(=O)CN(c1ccc(OC)cc1)S(=O)(=O)c1ccccc1. The predicted molar refractivity (Wildman–Crippen MR) is 154 cm³/mol. The number of sulfonamides is 1. The minimum atomic E-state index is -4.15. The molecule has 0 aliphatic rings. The largest absolute Gasteiger partial charge is 0.497 e. The van der Waals surface area contributed by atoms with Gasteiger partial charge in [-0.25, -0.2) is 8.42 Å². The number of carbonyl (C=O) groups excluding carboxylic acids is 2. The van der Waals surface area contributed by atoms with Crippen molar-refractivity contribution in [2.45, 2.75) is 37.8 Å². The molecule has 1 atom stereocenters. The molecule has 208 valence electrons. The third-order valence-corrected chi connectivity index (χ3v) is 8.44. The summed E-state index contributed by atoms with van der Waals surface area (Å²) in [5.74, 6) is -0.391. The van der Waals surface area contributed by atoms with Crippen LogP contribution in [0.5, 0.6) is 5.75 Å². The molecule has 39 heavy (non-hydrogen) atoms. The van der Waals surface area contributed by atoms with E-state index in [9.17, 15) is 18.0 Å². The quantitative estimate of drug-likeness (QED) is 0.314. The molecule has 0 unspecified atom stereocenters. The smallest absolute Gasteiger partial charge is 0.264 e. The summed E-state index contributed by atoms with van der Waals surface area (Å²) in [6.07, 6.45) is 0.302. The Balaban J connectivity index is 2.07. The monoisotopic (exact) mass is 591 g/mol. The number of halogens is 2. The number of amides is 2. The lowest BCUT2D eigenvalue weighted by molar-refractivity contribution is -0.140. The summed E-state index contributed by atoms with van der Waals surface area (Å²) in [6.45, 7) is 3.37. The standard InChI is InChI=1S/C28H31Cl2N3O5S/c1-4-26(28(35)31-5-2)32(18-20-11-12-21(29)17-25(20)30)27(34)19-33(22-13-15-23(38-3)16-14-22)39(36,37)24-9-7-6-8-10-24/h6-17,26H,4-5,18-19H2,1-3H3,(H,31,35)/t26-/m1/s1. The Kier molecular flexibility index (Phi) is 10.6. The van der Waals surface area contributed by atoms with Gasteiger partial charge in [-0.15, -0.1) is 0 Å². The van der Waals surface area contributed by atoms with E-state index in [2.05, 4.69) is 5.32 Å². The summed E-state index contributed by atoms with van der Waals surface area (Å²) in [7, 11) is -2.65. The molecule has 0 aromatic heterocycles. The molecule has 0 fully saturated rings. The van der Waals surface area contributed by atoms with Crippen LogP contribution in [0.2, 0.25) is 10.0 Å². The zero-order valence-corrected chi connectivity index (χ0v) is 24.3. The molecule has 0 saturated heterocycles. The number of methoxy groups -OCH3 is 1. The highest BCUT2D eigenvalue weighted by Crippen LogP contribution is 2.28. The molecule has 0 aliphatic carbocycles. The number of ether oxygens (including phenoxy) is 1. The Morgan fingerprint density at radius 1 is 0.974 bits per heavy atom. The fourth-order valence-corrected chi connectivity index (χ4v) is 5.95. The summed E-state index contributed by atoms with van der Waals surface area (Å²) in [5, 5.41) is 3.52. The Morgan fingerprint density at radius 2 is 1.64 bits per heavy atom. The molecule has 8 nitrogen and oxygen atoms in total. The highest BCUT2D eigenvalue weighted by Gasteiger charge is 2.33. The van der Waals surface area contributed by atoms with Gasteiger partial charge in [0.05, 0.1) is 17.7 Å². The van der Waals surface area contributed by atoms with Gasteiger partial charge in [0.2, 0.25) is 11.8 Å². The molecule has 3 rings (SSSR count). The van der Waals surface area contributed by atoms with Crippen LogP contribution in [0.15, 0.2) is 77.7 Å². The van der Waals surface area contributed by atoms with Crippen LogP contribution in [0, 0.1) is 0 Å². The van der Waals surface area contributed by atoms with Crippen LogP contribution in [-0.2, 0) is 26.2 Å². The van der Waals surface area contributed by atoms with Gasteiger partial charge in [-0.2, -0.15) is 0 Å². The molecule has 2 amide bonds. The van der Waals surface area contributed by atoms with Crippen molar-refractivity contribution >= 4 is 50.7 Å². The molecule has 0 aliphatic heterocycles. The summed E-state index contributed by atoms with van der Waals surface area (Å²) in [6, 6.07) is 18.2. The second kappa shape index (κ2) is 13.7. The number of hydrogen-bond acceptors (Lipinski definition) is 5. The van der Waals surface area contributed by atoms with E-state index >= 15 is 0 Å². The van der Waals surface area contributed by atoms with Crippen molar-refractivity contribution in [3.05, 3.63) is 88.4 Å². The third kappa shape index (κ3) is 7.44. The van der Waals surface area contributed by atoms with Crippen molar-refractivity contribution in [1.29, 1.82) is 0 Å². The molecule has 11 heteroatoms. The molecule has 0 spiro atoms. The van der Waals surface area contributed by atoms with E-state index in [4.69, 9.17) is 27.9 Å². The molecule has 0 radical (unpaired) electrons. The number of hydrogen-bond donors (Lipinski definition) is 1. The maximum atomic E-state index is 14.0. The first-order valence-electron chi connectivity index (χ1n) is 12.3. The molecule has 1 N–H and O–H groups in total. The van der Waals surface area contributed by atoms with E-state index in [0.717, 1.165) is 4.31 Å². The number of carbonyl (C=O) groups is 2. The minimum absolute atomic E-state index is 0.0215. The highest BCUT2D eigenvalue weighted by molar-refractivity contribution is 7.92. The van der Waals surface area contributed by atoms with Crippen molar-refractivity contribution < 1.29 is 22.7 Å². The average Bonchev–Trinajstić information content (AvgIpc) is 2.93. The second-order valence-corrected chi connectivity index (χ2v) is 11.3. The molecule has 3 aromatic carbocycles. The maximum Gasteiger partial charge on any atom is 0.264 e. The number of rotatable bonds is 12. The van der Waals surface area contributed by atoms with Crippen LogP contribution in [-0.4, -0.2) is 51.4 Å². The fourth-order valence-electron chi connectivity index (χ4n) is 4.04. The highest BCUT2D eigenvalue weighted by atomic mass is 35.5. The van der Waals surface area contributed by atoms with E-state index in [-0.39, 0.29) is 23.0 Å². The van der Waals surface area contributed by atoms with Crippen molar-refractivity contribution in [3.63, 3.8) is 0 Å². The zero-order valence-electron chi connectivity index (χ0n) is 21.9. The van der Waals surface area contributed by atoms with E-state index in [1.54, 1.807) is 74.5 Å². The topological polar surface area (TPSA) is 96.0 Å². The molecule has 3 aromatic rings. The number of likely N-dealkylation sites (N-methyl/N-ethyl adjacent to an activating group) is 1. The summed E-state index contributed by atoms with van der Waals surface area (Å²) in [4.78, 5) is 28.3.